The van der Waals surface area contributed by atoms with E-state index in [4.69, 9.17) is 0 Å². The van der Waals surface area contributed by atoms with Gasteiger partial charge < -0.3 is 0 Å². The predicted octanol–water partition coefficient (Wildman–Crippen LogP) is 3.90. The van der Waals surface area contributed by atoms with E-state index in [1.54, 1.807) is 0 Å². The number of carbonyl (C=O) groups excluding carboxylic acids is 4. The van der Waals surface area contributed by atoms with E-state index in [2.05, 4.69) is 24.3 Å². The molecule has 2 saturated carbocycles. The van der Waals surface area contributed by atoms with Crippen LogP contribution in [0.1, 0.15) is 24.0 Å². The molecule has 2 aromatic carbocycles. The summed E-state index contributed by atoms with van der Waals surface area (Å²) in [5.41, 5.74) is 3.40. The van der Waals surface area contributed by atoms with Gasteiger partial charge in [-0.1, -0.05) is 48.6 Å². The molecule has 6 heteroatoms. The maximum atomic E-state index is 13.1. The van der Waals surface area contributed by atoms with E-state index in [1.165, 1.54) is 9.80 Å². The summed E-state index contributed by atoms with van der Waals surface area (Å²) in [4.78, 5) is 55.1. The van der Waals surface area contributed by atoms with Crippen molar-refractivity contribution in [3.05, 3.63) is 84.0 Å². The Morgan fingerprint density at radius 1 is 0.486 bits per heavy atom. The van der Waals surface area contributed by atoms with Crippen molar-refractivity contribution in [3.63, 3.8) is 0 Å². The maximum absolute atomic E-state index is 13.1. The fourth-order valence-corrected chi connectivity index (χ4v) is 8.08. The third-order valence-electron chi connectivity index (χ3n) is 9.74. The normalized spacial score (nSPS) is 36.4. The van der Waals surface area contributed by atoms with Gasteiger partial charge in [-0.05, 0) is 78.3 Å². The number of allylic oxidation sites excluding steroid dienone is 4. The van der Waals surface area contributed by atoms with E-state index in [1.807, 2.05) is 48.5 Å². The number of hydrogen-bond acceptors (Lipinski definition) is 4. The Balaban J connectivity index is 0.973. The number of imide groups is 2. The van der Waals surface area contributed by atoms with Gasteiger partial charge in [-0.2, -0.15) is 0 Å². The summed E-state index contributed by atoms with van der Waals surface area (Å²) in [7, 11) is 0. The quantitative estimate of drug-likeness (QED) is 0.481. The third-order valence-corrected chi connectivity index (χ3v) is 9.74. The van der Waals surface area contributed by atoms with Gasteiger partial charge in [0, 0.05) is 0 Å². The number of hydrogen-bond donors (Lipinski definition) is 0. The maximum Gasteiger partial charge on any atom is 0.238 e. The molecule has 0 aromatic heterocycles. The van der Waals surface area contributed by atoms with Crippen LogP contribution in [0.5, 0.6) is 0 Å². The molecule has 2 saturated heterocycles. The third kappa shape index (κ3) is 2.81. The summed E-state index contributed by atoms with van der Waals surface area (Å²) < 4.78 is 0. The SMILES string of the molecule is O=C1[C@@H]2[C@@H](C(=O)N1c1ccc(Cc3ccc(N4C(=O)[C@@H]5[C@H](C4=O)[C@H]4C=C[C@H]5C4)cc3)cc1)[C@H]1C=C[C@H]2C1. The Morgan fingerprint density at radius 3 is 1.08 bits per heavy atom. The predicted molar refractivity (Wildman–Crippen MR) is 136 cm³/mol. The fraction of sp³-hybridized carbons (Fsp3) is 0.355. The summed E-state index contributed by atoms with van der Waals surface area (Å²) in [6.07, 6.45) is 11.0. The zero-order chi connectivity index (χ0) is 25.0. The largest absolute Gasteiger partial charge is 0.274 e. The first-order chi connectivity index (χ1) is 18.0. The Bertz CT molecular complexity index is 1270. The van der Waals surface area contributed by atoms with Crippen LogP contribution in [0.4, 0.5) is 11.4 Å². The Hall–Kier alpha value is -3.80. The molecule has 6 aliphatic rings. The second kappa shape index (κ2) is 7.37. The summed E-state index contributed by atoms with van der Waals surface area (Å²) in [5, 5.41) is 0. The van der Waals surface area contributed by atoms with Crippen LogP contribution in [-0.2, 0) is 25.6 Å². The number of amides is 4. The molecule has 4 bridgehead atoms. The molecule has 8 rings (SSSR count). The number of carbonyl (C=O) groups is 4. The molecule has 4 fully saturated rings. The number of fused-ring (bicyclic) bond motifs is 10. The molecule has 0 unspecified atom stereocenters. The molecular weight excluding hydrogens is 464 g/mol. The molecule has 8 atom stereocenters. The van der Waals surface area contributed by atoms with Crippen molar-refractivity contribution in [2.24, 2.45) is 47.3 Å². The highest BCUT2D eigenvalue weighted by Gasteiger charge is 2.60. The van der Waals surface area contributed by atoms with Gasteiger partial charge in [0.1, 0.15) is 0 Å². The zero-order valence-electron chi connectivity index (χ0n) is 20.2. The lowest BCUT2D eigenvalue weighted by Gasteiger charge is -2.18. The molecule has 4 amide bonds. The minimum atomic E-state index is -0.193. The van der Waals surface area contributed by atoms with E-state index in [0.717, 1.165) is 24.0 Å². The van der Waals surface area contributed by atoms with Crippen LogP contribution in [0.15, 0.2) is 72.8 Å². The standard InChI is InChI=1S/C31H26N2O4/c34-28-24-18-5-6-19(14-18)25(24)29(35)32(28)22-9-1-16(2-10-22)13-17-3-11-23(12-4-17)33-30(36)26-20-7-8-21(15-20)27(26)31(33)37/h1-12,18-21,24-27H,13-15H2/t18-,19-,20-,21-,24-,25-,26-,27+/m0/s1. The molecule has 0 N–H and O–H groups in total. The van der Waals surface area contributed by atoms with Gasteiger partial charge in [-0.25, -0.2) is 0 Å². The highest BCUT2D eigenvalue weighted by atomic mass is 16.2. The van der Waals surface area contributed by atoms with Crippen LogP contribution in [0.25, 0.3) is 0 Å². The van der Waals surface area contributed by atoms with Crippen LogP contribution in [0, 0.1) is 47.3 Å². The molecule has 2 aromatic rings. The van der Waals surface area contributed by atoms with Gasteiger partial charge in [0.05, 0.1) is 35.0 Å². The molecule has 0 radical (unpaired) electrons. The first-order valence-electron chi connectivity index (χ1n) is 13.3. The molecule has 4 aliphatic carbocycles. The monoisotopic (exact) mass is 490 g/mol. The van der Waals surface area contributed by atoms with Crippen LogP contribution < -0.4 is 9.80 Å². The highest BCUT2D eigenvalue weighted by Crippen LogP contribution is 2.54. The van der Waals surface area contributed by atoms with E-state index in [-0.39, 0.29) is 71.0 Å². The number of benzene rings is 2. The average molecular weight is 491 g/mol. The van der Waals surface area contributed by atoms with Crippen LogP contribution in [0.2, 0.25) is 0 Å². The van der Waals surface area contributed by atoms with Crippen LogP contribution in [0.3, 0.4) is 0 Å². The van der Waals surface area contributed by atoms with E-state index in [0.29, 0.717) is 17.8 Å². The van der Waals surface area contributed by atoms with Gasteiger partial charge in [-0.15, -0.1) is 0 Å². The molecular formula is C31H26N2O4. The molecule has 2 aliphatic heterocycles. The van der Waals surface area contributed by atoms with Crippen molar-refractivity contribution in [3.8, 4) is 0 Å². The molecule has 184 valence electrons. The average Bonchev–Trinajstić information content (AvgIpc) is 3.74. The lowest BCUT2D eigenvalue weighted by molar-refractivity contribution is -0.124. The van der Waals surface area contributed by atoms with Crippen LogP contribution >= 0.6 is 0 Å². The molecule has 37 heavy (non-hydrogen) atoms. The fourth-order valence-electron chi connectivity index (χ4n) is 8.08. The summed E-state index contributed by atoms with van der Waals surface area (Å²) in [6.45, 7) is 0. The first kappa shape index (κ1) is 21.3. The van der Waals surface area contributed by atoms with Crippen molar-refractivity contribution >= 4 is 35.0 Å². The summed E-state index contributed by atoms with van der Waals surface area (Å²) >= 11 is 0. The van der Waals surface area contributed by atoms with E-state index < -0.39 is 0 Å². The Morgan fingerprint density at radius 2 is 0.784 bits per heavy atom. The Labute approximate surface area is 214 Å². The summed E-state index contributed by atoms with van der Waals surface area (Å²) in [6, 6.07) is 15.3. The van der Waals surface area contributed by atoms with Crippen LogP contribution in [-0.4, -0.2) is 23.6 Å². The number of nitrogens with zero attached hydrogens (tertiary/aromatic N) is 2. The van der Waals surface area contributed by atoms with Gasteiger partial charge in [-0.3, -0.25) is 29.0 Å². The van der Waals surface area contributed by atoms with Crippen molar-refractivity contribution in [1.29, 1.82) is 0 Å². The number of anilines is 2. The minimum Gasteiger partial charge on any atom is -0.274 e. The van der Waals surface area contributed by atoms with Gasteiger partial charge in [0.2, 0.25) is 23.6 Å². The molecule has 6 nitrogen and oxygen atoms in total. The lowest BCUT2D eigenvalue weighted by atomic mass is 9.85. The topological polar surface area (TPSA) is 74.8 Å². The number of rotatable bonds is 4. The van der Waals surface area contributed by atoms with Gasteiger partial charge in [0.25, 0.3) is 0 Å². The lowest BCUT2D eigenvalue weighted by Crippen LogP contribution is -2.32. The first-order valence-corrected chi connectivity index (χ1v) is 13.3. The van der Waals surface area contributed by atoms with Crippen molar-refractivity contribution < 1.29 is 19.2 Å². The Kier molecular flexibility index (Phi) is 4.24. The van der Waals surface area contributed by atoms with E-state index in [9.17, 15) is 19.2 Å². The van der Waals surface area contributed by atoms with Crippen molar-refractivity contribution in [2.45, 2.75) is 19.3 Å². The zero-order valence-corrected chi connectivity index (χ0v) is 20.2. The second-order valence-electron chi connectivity index (χ2n) is 11.5. The second-order valence-corrected chi connectivity index (χ2v) is 11.5. The van der Waals surface area contributed by atoms with Crippen molar-refractivity contribution in [2.75, 3.05) is 9.80 Å². The minimum absolute atomic E-state index is 0.0610. The van der Waals surface area contributed by atoms with E-state index >= 15 is 0 Å². The highest BCUT2D eigenvalue weighted by molar-refractivity contribution is 6.23. The molecule has 2 heterocycles. The molecule has 0 spiro atoms. The smallest absolute Gasteiger partial charge is 0.238 e. The van der Waals surface area contributed by atoms with Gasteiger partial charge >= 0.3 is 0 Å². The summed E-state index contributed by atoms with van der Waals surface area (Å²) in [5.74, 6) is -0.198. The van der Waals surface area contributed by atoms with Gasteiger partial charge in [0.15, 0.2) is 0 Å². The van der Waals surface area contributed by atoms with Crippen molar-refractivity contribution in [1.82, 2.24) is 0 Å².